The molecule has 0 saturated carbocycles. The molecule has 0 atom stereocenters. The Kier molecular flexibility index (Phi) is 3.56. The van der Waals surface area contributed by atoms with E-state index < -0.39 is 5.97 Å². The number of hydrogen-bond acceptors (Lipinski definition) is 4. The fraction of sp³-hybridized carbons (Fsp3) is 0.0714. The third-order valence-electron chi connectivity index (χ3n) is 2.70. The maximum atomic E-state index is 11.0. The van der Waals surface area contributed by atoms with Gasteiger partial charge in [0.1, 0.15) is 11.5 Å². The molecule has 2 rings (SSSR count). The quantitative estimate of drug-likeness (QED) is 0.677. The molecule has 0 heterocycles. The number of benzene rings is 2. The Labute approximate surface area is 109 Å². The number of nitrogens with one attached hydrogen (secondary N) is 1. The molecule has 0 bridgehead atoms. The first kappa shape index (κ1) is 12.8. The zero-order valence-corrected chi connectivity index (χ0v) is 10.00. The topological polar surface area (TPSA) is 89.8 Å². The third-order valence-corrected chi connectivity index (χ3v) is 2.70. The van der Waals surface area contributed by atoms with Crippen LogP contribution in [0.1, 0.15) is 15.9 Å². The summed E-state index contributed by atoms with van der Waals surface area (Å²) in [4.78, 5) is 11.0. The molecule has 98 valence electrons. The molecule has 0 aliphatic heterocycles. The molecular weight excluding hydrogens is 246 g/mol. The summed E-state index contributed by atoms with van der Waals surface area (Å²) in [5, 5.41) is 30.8. The molecule has 0 amide bonds. The first-order chi connectivity index (χ1) is 9.08. The molecule has 5 nitrogen and oxygen atoms in total. The second-order valence-electron chi connectivity index (χ2n) is 4.02. The van der Waals surface area contributed by atoms with Crippen molar-refractivity contribution in [3.05, 3.63) is 53.6 Å². The van der Waals surface area contributed by atoms with E-state index in [4.69, 9.17) is 5.11 Å². The number of phenols is 2. The number of rotatable bonds is 4. The number of para-hydroxylation sites is 1. The van der Waals surface area contributed by atoms with Crippen molar-refractivity contribution in [1.82, 2.24) is 0 Å². The highest BCUT2D eigenvalue weighted by Crippen LogP contribution is 2.24. The smallest absolute Gasteiger partial charge is 0.337 e. The Bertz CT molecular complexity index is 610. The van der Waals surface area contributed by atoms with Crippen molar-refractivity contribution >= 4 is 11.7 Å². The zero-order chi connectivity index (χ0) is 13.8. The van der Waals surface area contributed by atoms with Gasteiger partial charge in [-0.1, -0.05) is 12.1 Å². The molecule has 0 radical (unpaired) electrons. The Morgan fingerprint density at radius 1 is 1.11 bits per heavy atom. The molecule has 0 aromatic heterocycles. The number of aromatic carboxylic acids is 1. The van der Waals surface area contributed by atoms with Crippen LogP contribution >= 0.6 is 0 Å². The average molecular weight is 259 g/mol. The van der Waals surface area contributed by atoms with Crippen molar-refractivity contribution in [1.29, 1.82) is 0 Å². The van der Waals surface area contributed by atoms with Gasteiger partial charge in [0.05, 0.1) is 5.56 Å². The van der Waals surface area contributed by atoms with Crippen LogP contribution in [0.15, 0.2) is 42.5 Å². The van der Waals surface area contributed by atoms with Gasteiger partial charge in [-0.15, -0.1) is 0 Å². The van der Waals surface area contributed by atoms with Gasteiger partial charge in [-0.05, 0) is 24.3 Å². The summed E-state index contributed by atoms with van der Waals surface area (Å²) < 4.78 is 0. The summed E-state index contributed by atoms with van der Waals surface area (Å²) in [6, 6.07) is 10.8. The van der Waals surface area contributed by atoms with E-state index >= 15 is 0 Å². The normalized spacial score (nSPS) is 10.1. The van der Waals surface area contributed by atoms with Crippen LogP contribution < -0.4 is 5.32 Å². The lowest BCUT2D eigenvalue weighted by Gasteiger charge is -2.10. The van der Waals surface area contributed by atoms with Gasteiger partial charge in [0, 0.05) is 23.9 Å². The minimum Gasteiger partial charge on any atom is -0.508 e. The molecule has 4 N–H and O–H groups in total. The zero-order valence-electron chi connectivity index (χ0n) is 10.00. The SMILES string of the molecule is O=C(O)c1ccccc1NCc1ccc(O)cc1O. The number of hydrogen-bond donors (Lipinski definition) is 4. The number of carbonyl (C=O) groups is 1. The van der Waals surface area contributed by atoms with E-state index in [0.717, 1.165) is 0 Å². The minimum atomic E-state index is -1.02. The van der Waals surface area contributed by atoms with E-state index in [1.807, 2.05) is 0 Å². The van der Waals surface area contributed by atoms with Gasteiger partial charge in [0.25, 0.3) is 0 Å². The van der Waals surface area contributed by atoms with E-state index in [-0.39, 0.29) is 23.6 Å². The summed E-state index contributed by atoms with van der Waals surface area (Å²) in [5.41, 5.74) is 1.21. The average Bonchev–Trinajstić information content (AvgIpc) is 2.38. The van der Waals surface area contributed by atoms with E-state index in [0.29, 0.717) is 11.3 Å². The van der Waals surface area contributed by atoms with Crippen LogP contribution in [0.5, 0.6) is 11.5 Å². The minimum absolute atomic E-state index is 0.0211. The van der Waals surface area contributed by atoms with Gasteiger partial charge in [0.15, 0.2) is 0 Å². The highest BCUT2D eigenvalue weighted by Gasteiger charge is 2.09. The predicted octanol–water partition coefficient (Wildman–Crippen LogP) is 2.41. The number of phenolic OH excluding ortho intramolecular Hbond substituents is 2. The Morgan fingerprint density at radius 3 is 2.53 bits per heavy atom. The lowest BCUT2D eigenvalue weighted by Crippen LogP contribution is -2.06. The second kappa shape index (κ2) is 5.30. The molecule has 5 heteroatoms. The third kappa shape index (κ3) is 2.95. The molecule has 2 aromatic rings. The summed E-state index contributed by atoms with van der Waals surface area (Å²) in [7, 11) is 0. The predicted molar refractivity (Wildman–Crippen MR) is 70.5 cm³/mol. The van der Waals surface area contributed by atoms with Crippen LogP contribution in [0.4, 0.5) is 5.69 Å². The lowest BCUT2D eigenvalue weighted by molar-refractivity contribution is 0.0698. The first-order valence-corrected chi connectivity index (χ1v) is 5.65. The standard InChI is InChI=1S/C14H13NO4/c16-10-6-5-9(13(17)7-10)8-15-12-4-2-1-3-11(12)14(18)19/h1-7,15-17H,8H2,(H,18,19). The number of anilines is 1. The van der Waals surface area contributed by atoms with E-state index in [2.05, 4.69) is 5.32 Å². The van der Waals surface area contributed by atoms with Crippen molar-refractivity contribution in [3.63, 3.8) is 0 Å². The summed E-state index contributed by atoms with van der Waals surface area (Å²) >= 11 is 0. The van der Waals surface area contributed by atoms with E-state index in [9.17, 15) is 15.0 Å². The van der Waals surface area contributed by atoms with Crippen LogP contribution in [0.25, 0.3) is 0 Å². The van der Waals surface area contributed by atoms with Crippen LogP contribution in [-0.4, -0.2) is 21.3 Å². The maximum absolute atomic E-state index is 11.0. The largest absolute Gasteiger partial charge is 0.508 e. The van der Waals surface area contributed by atoms with Crippen molar-refractivity contribution in [2.24, 2.45) is 0 Å². The molecule has 0 aliphatic carbocycles. The van der Waals surface area contributed by atoms with Gasteiger partial charge < -0.3 is 20.6 Å². The fourth-order valence-electron chi connectivity index (χ4n) is 1.72. The van der Waals surface area contributed by atoms with Gasteiger partial charge in [-0.25, -0.2) is 4.79 Å². The van der Waals surface area contributed by atoms with Crippen LogP contribution in [-0.2, 0) is 6.54 Å². The summed E-state index contributed by atoms with van der Waals surface area (Å²) in [5.74, 6) is -1.08. The Morgan fingerprint density at radius 2 is 1.84 bits per heavy atom. The Balaban J connectivity index is 2.17. The van der Waals surface area contributed by atoms with Gasteiger partial charge >= 0.3 is 5.97 Å². The molecule has 0 unspecified atom stereocenters. The van der Waals surface area contributed by atoms with Crippen molar-refractivity contribution < 1.29 is 20.1 Å². The van der Waals surface area contributed by atoms with Crippen LogP contribution in [0.2, 0.25) is 0 Å². The van der Waals surface area contributed by atoms with Crippen LogP contribution in [0.3, 0.4) is 0 Å². The summed E-state index contributed by atoms with van der Waals surface area (Å²) in [6.45, 7) is 0.260. The number of carboxylic acids is 1. The van der Waals surface area contributed by atoms with Crippen molar-refractivity contribution in [3.8, 4) is 11.5 Å². The molecule has 19 heavy (non-hydrogen) atoms. The van der Waals surface area contributed by atoms with Gasteiger partial charge in [-0.2, -0.15) is 0 Å². The Hall–Kier alpha value is -2.69. The maximum Gasteiger partial charge on any atom is 0.337 e. The molecule has 0 spiro atoms. The summed E-state index contributed by atoms with van der Waals surface area (Å²) in [6.07, 6.45) is 0. The molecule has 2 aromatic carbocycles. The van der Waals surface area contributed by atoms with E-state index in [1.165, 1.54) is 18.2 Å². The van der Waals surface area contributed by atoms with Crippen LogP contribution in [0, 0.1) is 0 Å². The number of carboxylic acid groups (broad SMARTS) is 1. The molecule has 0 saturated heterocycles. The van der Waals surface area contributed by atoms with Gasteiger partial charge in [-0.3, -0.25) is 0 Å². The lowest BCUT2D eigenvalue weighted by atomic mass is 10.1. The van der Waals surface area contributed by atoms with Gasteiger partial charge in [0.2, 0.25) is 0 Å². The highest BCUT2D eigenvalue weighted by molar-refractivity contribution is 5.94. The number of aromatic hydroxyl groups is 2. The molecule has 0 aliphatic rings. The highest BCUT2D eigenvalue weighted by atomic mass is 16.4. The van der Waals surface area contributed by atoms with E-state index in [1.54, 1.807) is 24.3 Å². The first-order valence-electron chi connectivity index (χ1n) is 5.65. The fourth-order valence-corrected chi connectivity index (χ4v) is 1.72. The monoisotopic (exact) mass is 259 g/mol. The second-order valence-corrected chi connectivity index (χ2v) is 4.02. The van der Waals surface area contributed by atoms with Crippen molar-refractivity contribution in [2.75, 3.05) is 5.32 Å². The van der Waals surface area contributed by atoms with Crippen molar-refractivity contribution in [2.45, 2.75) is 6.54 Å². The molecule has 0 fully saturated rings. The molecular formula is C14H13NO4.